The Kier molecular flexibility index (Phi) is 4.49. The number of rotatable bonds is 5. The molecule has 0 aromatic rings. The van der Waals surface area contributed by atoms with Gasteiger partial charge in [0.25, 0.3) is 0 Å². The number of unbranched alkanes of at least 4 members (excludes halogenated alkanes) is 3. The van der Waals surface area contributed by atoms with Crippen molar-refractivity contribution in [2.75, 3.05) is 13.6 Å². The highest BCUT2D eigenvalue weighted by molar-refractivity contribution is 5.15. The molecule has 15 heavy (non-hydrogen) atoms. The van der Waals surface area contributed by atoms with Gasteiger partial charge in [0.15, 0.2) is 0 Å². The highest BCUT2D eigenvalue weighted by Gasteiger charge is 2.27. The Labute approximate surface area is 94.9 Å². The Bertz CT molecular complexity index is 233. The molecule has 2 nitrogen and oxygen atoms in total. The van der Waals surface area contributed by atoms with Gasteiger partial charge in [-0.2, -0.15) is 0 Å². The average Bonchev–Trinajstić information content (AvgIpc) is 2.41. The highest BCUT2D eigenvalue weighted by Crippen LogP contribution is 2.27. The van der Waals surface area contributed by atoms with Crippen LogP contribution < -0.4 is 0 Å². The lowest BCUT2D eigenvalue weighted by molar-refractivity contribution is 0.176. The number of hydrogen-bond donors (Lipinski definition) is 0. The van der Waals surface area contributed by atoms with E-state index < -0.39 is 0 Å². The minimum absolute atomic E-state index is 0.548. The van der Waals surface area contributed by atoms with E-state index in [4.69, 9.17) is 0 Å². The van der Waals surface area contributed by atoms with E-state index in [1.54, 1.807) is 0 Å². The van der Waals surface area contributed by atoms with E-state index in [0.29, 0.717) is 6.17 Å². The van der Waals surface area contributed by atoms with Crippen molar-refractivity contribution in [3.63, 3.8) is 0 Å². The van der Waals surface area contributed by atoms with Gasteiger partial charge in [0.1, 0.15) is 0 Å². The molecular formula is C13H26N2. The Morgan fingerprint density at radius 2 is 1.73 bits per heavy atom. The zero-order valence-corrected chi connectivity index (χ0v) is 11.0. The first-order valence-electron chi connectivity index (χ1n) is 6.26. The third kappa shape index (κ3) is 2.67. The van der Waals surface area contributed by atoms with Gasteiger partial charge in [-0.25, -0.2) is 0 Å². The van der Waals surface area contributed by atoms with E-state index >= 15 is 0 Å². The molecule has 0 aromatic heterocycles. The SMILES string of the molecule is CCCCCCN1C(C)=C(C)N(C)C1C. The molecule has 88 valence electrons. The molecule has 0 spiro atoms. The van der Waals surface area contributed by atoms with Crippen molar-refractivity contribution in [3.8, 4) is 0 Å². The lowest BCUT2D eigenvalue weighted by atomic mass is 10.2. The highest BCUT2D eigenvalue weighted by atomic mass is 15.4. The molecule has 0 aromatic carbocycles. The van der Waals surface area contributed by atoms with Crippen LogP contribution in [0.25, 0.3) is 0 Å². The second-order valence-electron chi connectivity index (χ2n) is 4.67. The Balaban J connectivity index is 2.42. The van der Waals surface area contributed by atoms with Crippen LogP contribution in [0, 0.1) is 0 Å². The summed E-state index contributed by atoms with van der Waals surface area (Å²) in [7, 11) is 2.19. The molecule has 0 N–H and O–H groups in total. The Morgan fingerprint density at radius 1 is 1.07 bits per heavy atom. The van der Waals surface area contributed by atoms with Crippen molar-refractivity contribution >= 4 is 0 Å². The lowest BCUT2D eigenvalue weighted by Gasteiger charge is -2.29. The molecule has 0 fully saturated rings. The van der Waals surface area contributed by atoms with E-state index in [9.17, 15) is 0 Å². The van der Waals surface area contributed by atoms with Crippen LogP contribution in [0.4, 0.5) is 0 Å². The van der Waals surface area contributed by atoms with E-state index in [1.165, 1.54) is 43.6 Å². The molecule has 1 unspecified atom stereocenters. The van der Waals surface area contributed by atoms with Gasteiger partial charge in [-0.1, -0.05) is 26.2 Å². The van der Waals surface area contributed by atoms with Crippen LogP contribution in [-0.4, -0.2) is 29.6 Å². The Hall–Kier alpha value is -0.660. The van der Waals surface area contributed by atoms with Crippen molar-refractivity contribution in [2.45, 2.75) is 59.5 Å². The predicted molar refractivity (Wildman–Crippen MR) is 66.4 cm³/mol. The molecule has 0 amide bonds. The summed E-state index contributed by atoms with van der Waals surface area (Å²) in [6, 6.07) is 0. The van der Waals surface area contributed by atoms with Crippen molar-refractivity contribution in [3.05, 3.63) is 11.4 Å². The van der Waals surface area contributed by atoms with Crippen molar-refractivity contribution < 1.29 is 0 Å². The zero-order chi connectivity index (χ0) is 11.4. The molecule has 1 aliphatic rings. The van der Waals surface area contributed by atoms with Crippen LogP contribution >= 0.6 is 0 Å². The first-order chi connectivity index (χ1) is 7.09. The van der Waals surface area contributed by atoms with Crippen LogP contribution in [0.1, 0.15) is 53.4 Å². The van der Waals surface area contributed by atoms with Gasteiger partial charge in [0, 0.05) is 25.0 Å². The first kappa shape index (κ1) is 12.4. The van der Waals surface area contributed by atoms with E-state index in [2.05, 4.69) is 44.5 Å². The van der Waals surface area contributed by atoms with Crippen LogP contribution in [0.5, 0.6) is 0 Å². The molecule has 1 atom stereocenters. The normalized spacial score (nSPS) is 21.8. The van der Waals surface area contributed by atoms with Crippen LogP contribution in [-0.2, 0) is 0 Å². The second kappa shape index (κ2) is 5.43. The largest absolute Gasteiger partial charge is 0.357 e. The molecule has 0 bridgehead atoms. The quantitative estimate of drug-likeness (QED) is 0.642. The van der Waals surface area contributed by atoms with Crippen molar-refractivity contribution in [2.24, 2.45) is 0 Å². The van der Waals surface area contributed by atoms with Gasteiger partial charge in [-0.15, -0.1) is 0 Å². The summed E-state index contributed by atoms with van der Waals surface area (Å²) in [4.78, 5) is 4.90. The van der Waals surface area contributed by atoms with Gasteiger partial charge in [-0.3, -0.25) is 0 Å². The molecule has 0 saturated heterocycles. The molecule has 1 heterocycles. The number of hydrogen-bond acceptors (Lipinski definition) is 2. The summed E-state index contributed by atoms with van der Waals surface area (Å²) in [6.45, 7) is 10.2. The van der Waals surface area contributed by atoms with E-state index in [0.717, 1.165) is 0 Å². The summed E-state index contributed by atoms with van der Waals surface area (Å²) in [5.74, 6) is 0. The molecule has 1 aliphatic heterocycles. The van der Waals surface area contributed by atoms with Crippen LogP contribution in [0.2, 0.25) is 0 Å². The predicted octanol–water partition coefficient (Wildman–Crippen LogP) is 3.41. The molecule has 0 saturated carbocycles. The maximum Gasteiger partial charge on any atom is 0.0979 e. The monoisotopic (exact) mass is 210 g/mol. The Morgan fingerprint density at radius 3 is 2.20 bits per heavy atom. The average molecular weight is 210 g/mol. The fraction of sp³-hybridized carbons (Fsp3) is 0.846. The summed E-state index contributed by atoms with van der Waals surface area (Å²) < 4.78 is 0. The number of allylic oxidation sites excluding steroid dienone is 2. The van der Waals surface area contributed by atoms with E-state index in [-0.39, 0.29) is 0 Å². The third-order valence-corrected chi connectivity index (χ3v) is 3.75. The lowest BCUT2D eigenvalue weighted by Crippen LogP contribution is -2.36. The summed E-state index contributed by atoms with van der Waals surface area (Å²) >= 11 is 0. The third-order valence-electron chi connectivity index (χ3n) is 3.75. The van der Waals surface area contributed by atoms with Gasteiger partial charge in [-0.05, 0) is 27.2 Å². The number of nitrogens with zero attached hydrogens (tertiary/aromatic N) is 2. The molecule has 1 rings (SSSR count). The van der Waals surface area contributed by atoms with Crippen molar-refractivity contribution in [1.29, 1.82) is 0 Å². The standard InChI is InChI=1S/C13H26N2/c1-6-7-8-9-10-15-12(3)11(2)14(5)13(15)4/h13H,6-10H2,1-5H3. The summed E-state index contributed by atoms with van der Waals surface area (Å²) in [5.41, 5.74) is 2.89. The van der Waals surface area contributed by atoms with Crippen LogP contribution in [0.15, 0.2) is 11.4 Å². The minimum atomic E-state index is 0.548. The van der Waals surface area contributed by atoms with E-state index in [1.807, 2.05) is 0 Å². The van der Waals surface area contributed by atoms with Gasteiger partial charge in [0.2, 0.25) is 0 Å². The molecular weight excluding hydrogens is 184 g/mol. The molecule has 0 radical (unpaired) electrons. The summed E-state index contributed by atoms with van der Waals surface area (Å²) in [5, 5.41) is 0. The van der Waals surface area contributed by atoms with Gasteiger partial charge in [0.05, 0.1) is 6.17 Å². The maximum absolute atomic E-state index is 2.53. The van der Waals surface area contributed by atoms with Crippen molar-refractivity contribution in [1.82, 2.24) is 9.80 Å². The van der Waals surface area contributed by atoms with Gasteiger partial charge >= 0.3 is 0 Å². The first-order valence-corrected chi connectivity index (χ1v) is 6.26. The molecule has 0 aliphatic carbocycles. The minimum Gasteiger partial charge on any atom is -0.357 e. The second-order valence-corrected chi connectivity index (χ2v) is 4.67. The fourth-order valence-electron chi connectivity index (χ4n) is 2.30. The summed E-state index contributed by atoms with van der Waals surface area (Å²) in [6.07, 6.45) is 5.95. The topological polar surface area (TPSA) is 6.48 Å². The molecule has 2 heteroatoms. The smallest absolute Gasteiger partial charge is 0.0979 e. The zero-order valence-electron chi connectivity index (χ0n) is 11.0. The fourth-order valence-corrected chi connectivity index (χ4v) is 2.30. The van der Waals surface area contributed by atoms with Gasteiger partial charge < -0.3 is 9.80 Å². The van der Waals surface area contributed by atoms with Crippen LogP contribution in [0.3, 0.4) is 0 Å². The maximum atomic E-state index is 2.53.